The van der Waals surface area contributed by atoms with Gasteiger partial charge in [0, 0.05) is 24.0 Å². The summed E-state index contributed by atoms with van der Waals surface area (Å²) >= 11 is 1.47. The van der Waals surface area contributed by atoms with Gasteiger partial charge >= 0.3 is 5.69 Å². The lowest BCUT2D eigenvalue weighted by molar-refractivity contribution is -0.118. The van der Waals surface area contributed by atoms with E-state index < -0.39 is 11.2 Å². The summed E-state index contributed by atoms with van der Waals surface area (Å²) in [5.41, 5.74) is 7.81. The molecule has 2 heterocycles. The summed E-state index contributed by atoms with van der Waals surface area (Å²) in [6, 6.07) is 8.03. The third kappa shape index (κ3) is 5.78. The maximum Gasteiger partial charge on any atom is 0.330 e. The number of anilines is 2. The van der Waals surface area contributed by atoms with Gasteiger partial charge in [-0.2, -0.15) is 0 Å². The molecule has 0 saturated carbocycles. The Kier molecular flexibility index (Phi) is 7.53. The van der Waals surface area contributed by atoms with Crippen molar-refractivity contribution in [3.63, 3.8) is 0 Å². The number of aryl methyl sites for hydroxylation is 1. The highest BCUT2D eigenvalue weighted by atomic mass is 32.1. The number of aromatic nitrogens is 3. The fourth-order valence-electron chi connectivity index (χ4n) is 3.62. The van der Waals surface area contributed by atoms with Crippen LogP contribution in [-0.4, -0.2) is 27.0 Å². The van der Waals surface area contributed by atoms with Crippen LogP contribution >= 0.6 is 11.3 Å². The molecule has 0 aliphatic heterocycles. The summed E-state index contributed by atoms with van der Waals surface area (Å²) in [4.78, 5) is 46.8. The molecule has 0 saturated heterocycles. The zero-order valence-corrected chi connectivity index (χ0v) is 20.5. The Morgan fingerprint density at radius 3 is 2.58 bits per heavy atom. The van der Waals surface area contributed by atoms with Crippen LogP contribution in [0.1, 0.15) is 39.0 Å². The molecule has 3 N–H and O–H groups in total. The number of carbonyl (C=O) groups is 1. The van der Waals surface area contributed by atoms with Crippen molar-refractivity contribution >= 4 is 28.7 Å². The Labute approximate surface area is 197 Å². The lowest BCUT2D eigenvalue weighted by Gasteiger charge is -2.26. The van der Waals surface area contributed by atoms with Gasteiger partial charge in [-0.1, -0.05) is 51.5 Å². The average Bonchev–Trinajstić information content (AvgIpc) is 3.18. The van der Waals surface area contributed by atoms with Gasteiger partial charge in [0.1, 0.15) is 10.8 Å². The number of carbonyl (C=O) groups excluding carboxylic acids is 1. The number of benzene rings is 1. The van der Waals surface area contributed by atoms with Crippen molar-refractivity contribution in [3.8, 4) is 10.6 Å². The van der Waals surface area contributed by atoms with Crippen molar-refractivity contribution in [1.29, 1.82) is 0 Å². The molecule has 8 nitrogen and oxygen atoms in total. The van der Waals surface area contributed by atoms with Crippen LogP contribution in [-0.2, 0) is 17.8 Å². The van der Waals surface area contributed by atoms with E-state index in [1.807, 2.05) is 64.3 Å². The highest BCUT2D eigenvalue weighted by molar-refractivity contribution is 7.13. The number of hydrogen-bond acceptors (Lipinski definition) is 6. The van der Waals surface area contributed by atoms with Gasteiger partial charge in [0.15, 0.2) is 5.69 Å². The first-order valence-corrected chi connectivity index (χ1v) is 11.9. The molecular weight excluding hydrogens is 438 g/mol. The zero-order chi connectivity index (χ0) is 24.3. The monoisotopic (exact) mass is 469 g/mol. The standard InChI is InChI=1S/C24H31N5O3S/c1-14(2)11-28(20-21(25)29(12-15(3)4)24(32)27-22(20)31)19(30)10-18-13-33-23(26-18)17-8-6-7-16(5)9-17/h6-9,13-15H,10-12,25H2,1-5H3,(H,27,31,32). The number of nitrogens with two attached hydrogens (primary N) is 1. The molecule has 3 aromatic rings. The van der Waals surface area contributed by atoms with Gasteiger partial charge in [0.05, 0.1) is 12.1 Å². The van der Waals surface area contributed by atoms with Gasteiger partial charge in [0.2, 0.25) is 5.91 Å². The van der Waals surface area contributed by atoms with Gasteiger partial charge in [-0.25, -0.2) is 9.78 Å². The van der Waals surface area contributed by atoms with E-state index >= 15 is 0 Å². The van der Waals surface area contributed by atoms with Gasteiger partial charge in [-0.3, -0.25) is 19.1 Å². The van der Waals surface area contributed by atoms with Crippen LogP contribution in [0, 0.1) is 18.8 Å². The Balaban J connectivity index is 1.95. The van der Waals surface area contributed by atoms with Crippen LogP contribution in [0.5, 0.6) is 0 Å². The second-order valence-corrected chi connectivity index (χ2v) is 9.94. The van der Waals surface area contributed by atoms with Crippen molar-refractivity contribution in [2.24, 2.45) is 11.8 Å². The van der Waals surface area contributed by atoms with E-state index in [1.54, 1.807) is 0 Å². The quantitative estimate of drug-likeness (QED) is 0.525. The Bertz CT molecular complexity index is 1260. The van der Waals surface area contributed by atoms with Crippen LogP contribution in [0.2, 0.25) is 0 Å². The van der Waals surface area contributed by atoms with E-state index in [9.17, 15) is 14.4 Å². The Morgan fingerprint density at radius 1 is 1.21 bits per heavy atom. The van der Waals surface area contributed by atoms with Crippen molar-refractivity contribution in [1.82, 2.24) is 14.5 Å². The summed E-state index contributed by atoms with van der Waals surface area (Å²) < 4.78 is 1.32. The van der Waals surface area contributed by atoms with E-state index in [1.165, 1.54) is 20.8 Å². The SMILES string of the molecule is Cc1cccc(-c2nc(CC(=O)N(CC(C)C)c3c(N)n(CC(C)C)c(=O)[nH]c3=O)cs2)c1. The number of H-pyrrole nitrogens is 1. The number of thiazole rings is 1. The molecule has 0 unspecified atom stereocenters. The second kappa shape index (κ2) is 10.2. The third-order valence-corrected chi connectivity index (χ3v) is 5.97. The number of nitrogen functional groups attached to an aromatic ring is 1. The zero-order valence-electron chi connectivity index (χ0n) is 19.7. The lowest BCUT2D eigenvalue weighted by Crippen LogP contribution is -2.43. The third-order valence-electron chi connectivity index (χ3n) is 5.03. The maximum absolute atomic E-state index is 13.4. The Hall–Kier alpha value is -3.20. The first-order chi connectivity index (χ1) is 15.6. The van der Waals surface area contributed by atoms with Crippen LogP contribution in [0.15, 0.2) is 39.2 Å². The average molecular weight is 470 g/mol. The second-order valence-electron chi connectivity index (χ2n) is 9.09. The molecule has 33 heavy (non-hydrogen) atoms. The highest BCUT2D eigenvalue weighted by Gasteiger charge is 2.26. The van der Waals surface area contributed by atoms with Crippen LogP contribution < -0.4 is 21.9 Å². The molecule has 2 aromatic heterocycles. The maximum atomic E-state index is 13.4. The molecule has 0 fully saturated rings. The van der Waals surface area contributed by atoms with Gasteiger partial charge in [0.25, 0.3) is 5.56 Å². The molecule has 1 amide bonds. The largest absolute Gasteiger partial charge is 0.383 e. The summed E-state index contributed by atoms with van der Waals surface area (Å²) in [7, 11) is 0. The minimum atomic E-state index is -0.662. The summed E-state index contributed by atoms with van der Waals surface area (Å²) in [5.74, 6) is -0.0773. The fraction of sp³-hybridized carbons (Fsp3) is 0.417. The minimum absolute atomic E-state index is 0.00479. The van der Waals surface area contributed by atoms with Crippen molar-refractivity contribution in [3.05, 3.63) is 61.7 Å². The van der Waals surface area contributed by atoms with Crippen molar-refractivity contribution < 1.29 is 4.79 Å². The van der Waals surface area contributed by atoms with Crippen LogP contribution in [0.3, 0.4) is 0 Å². The van der Waals surface area contributed by atoms with E-state index in [-0.39, 0.29) is 35.7 Å². The van der Waals surface area contributed by atoms with Crippen LogP contribution in [0.4, 0.5) is 11.5 Å². The number of aromatic amines is 1. The summed E-state index contributed by atoms with van der Waals surface area (Å²) in [5, 5.41) is 2.69. The predicted octanol–water partition coefficient (Wildman–Crippen LogP) is 3.44. The number of hydrogen-bond donors (Lipinski definition) is 2. The highest BCUT2D eigenvalue weighted by Crippen LogP contribution is 2.26. The normalized spacial score (nSPS) is 11.4. The fourth-order valence-corrected chi connectivity index (χ4v) is 4.43. The number of nitrogens with one attached hydrogen (secondary N) is 1. The topological polar surface area (TPSA) is 114 Å². The van der Waals surface area contributed by atoms with Crippen LogP contribution in [0.25, 0.3) is 10.6 Å². The molecule has 1 aromatic carbocycles. The lowest BCUT2D eigenvalue weighted by atomic mass is 10.1. The molecule has 0 atom stereocenters. The van der Waals surface area contributed by atoms with E-state index in [0.29, 0.717) is 18.8 Å². The van der Waals surface area contributed by atoms with E-state index in [2.05, 4.69) is 9.97 Å². The molecule has 3 rings (SSSR count). The number of nitrogens with zero attached hydrogens (tertiary/aromatic N) is 3. The molecule has 0 radical (unpaired) electrons. The predicted molar refractivity (Wildman–Crippen MR) is 134 cm³/mol. The van der Waals surface area contributed by atoms with Crippen molar-refractivity contribution in [2.45, 2.75) is 47.6 Å². The van der Waals surface area contributed by atoms with Gasteiger partial charge in [-0.05, 0) is 24.8 Å². The molecule has 0 spiro atoms. The molecule has 0 aliphatic rings. The van der Waals surface area contributed by atoms with Crippen molar-refractivity contribution in [2.75, 3.05) is 17.2 Å². The molecule has 0 aliphatic carbocycles. The smallest absolute Gasteiger partial charge is 0.330 e. The number of amides is 1. The van der Waals surface area contributed by atoms with E-state index in [4.69, 9.17) is 5.73 Å². The molecule has 0 bridgehead atoms. The summed E-state index contributed by atoms with van der Waals surface area (Å²) in [6.07, 6.45) is 0.0250. The molecule has 9 heteroatoms. The Morgan fingerprint density at radius 2 is 1.94 bits per heavy atom. The van der Waals surface area contributed by atoms with Gasteiger partial charge < -0.3 is 10.6 Å². The number of rotatable bonds is 8. The first kappa shape index (κ1) is 24.4. The summed E-state index contributed by atoms with van der Waals surface area (Å²) in [6.45, 7) is 10.4. The van der Waals surface area contributed by atoms with E-state index in [0.717, 1.165) is 16.1 Å². The minimum Gasteiger partial charge on any atom is -0.383 e. The van der Waals surface area contributed by atoms with Gasteiger partial charge in [-0.15, -0.1) is 11.3 Å². The molecule has 176 valence electrons. The first-order valence-electron chi connectivity index (χ1n) is 11.0. The molecular formula is C24H31N5O3S.